The van der Waals surface area contributed by atoms with Crippen LogP contribution in [0.25, 0.3) is 5.78 Å². The van der Waals surface area contributed by atoms with Crippen LogP contribution >= 0.6 is 0 Å². The number of benzene rings is 1. The summed E-state index contributed by atoms with van der Waals surface area (Å²) in [5.74, 6) is -0.0175. The fourth-order valence-corrected chi connectivity index (χ4v) is 2.28. The largest absolute Gasteiger partial charge is 0.341 e. The molecule has 0 aliphatic heterocycles. The Morgan fingerprint density at radius 2 is 1.64 bits per heavy atom. The maximum absolute atomic E-state index is 12.3. The number of urea groups is 1. The molecule has 128 valence electrons. The Balaban J connectivity index is 1.76. The van der Waals surface area contributed by atoms with E-state index in [-0.39, 0.29) is 11.9 Å². The van der Waals surface area contributed by atoms with Gasteiger partial charge in [0.05, 0.1) is 0 Å². The van der Waals surface area contributed by atoms with Gasteiger partial charge in [0.2, 0.25) is 5.82 Å². The maximum atomic E-state index is 12.3. The number of aromatic nitrogens is 4. The van der Waals surface area contributed by atoms with Gasteiger partial charge >= 0.3 is 6.03 Å². The summed E-state index contributed by atoms with van der Waals surface area (Å²) in [7, 11) is 1.53. The molecule has 2 aromatic heterocycles. The lowest BCUT2D eigenvalue weighted by molar-refractivity contribution is 0.101. The number of amides is 3. The van der Waals surface area contributed by atoms with Gasteiger partial charge in [0, 0.05) is 29.8 Å². The van der Waals surface area contributed by atoms with Crippen LogP contribution in [0.2, 0.25) is 0 Å². The zero-order valence-electron chi connectivity index (χ0n) is 14.0. The van der Waals surface area contributed by atoms with Gasteiger partial charge in [-0.2, -0.15) is 4.98 Å². The highest BCUT2D eigenvalue weighted by Crippen LogP contribution is 2.14. The van der Waals surface area contributed by atoms with E-state index < -0.39 is 5.91 Å². The molecular formula is C16H17N7O2. The van der Waals surface area contributed by atoms with E-state index in [0.717, 1.165) is 11.4 Å². The van der Waals surface area contributed by atoms with Crippen molar-refractivity contribution in [2.45, 2.75) is 13.8 Å². The molecule has 9 nitrogen and oxygen atoms in total. The highest BCUT2D eigenvalue weighted by Gasteiger charge is 2.15. The van der Waals surface area contributed by atoms with Crippen LogP contribution < -0.4 is 16.0 Å². The molecular weight excluding hydrogens is 322 g/mol. The van der Waals surface area contributed by atoms with E-state index in [1.807, 2.05) is 19.9 Å². The van der Waals surface area contributed by atoms with Crippen molar-refractivity contribution in [1.82, 2.24) is 24.9 Å². The Kier molecular flexibility index (Phi) is 4.29. The molecule has 0 saturated carbocycles. The van der Waals surface area contributed by atoms with Gasteiger partial charge in [-0.1, -0.05) is 0 Å². The van der Waals surface area contributed by atoms with Gasteiger partial charge in [-0.05, 0) is 44.2 Å². The van der Waals surface area contributed by atoms with Crippen molar-refractivity contribution in [3.05, 3.63) is 47.5 Å². The lowest BCUT2D eigenvalue weighted by atomic mass is 10.3. The molecule has 0 bridgehead atoms. The summed E-state index contributed by atoms with van der Waals surface area (Å²) in [4.78, 5) is 32.0. The smallest absolute Gasteiger partial charge is 0.318 e. The number of rotatable bonds is 3. The molecule has 0 radical (unpaired) electrons. The molecule has 0 aliphatic carbocycles. The van der Waals surface area contributed by atoms with Gasteiger partial charge in [0.1, 0.15) is 0 Å². The third-order valence-electron chi connectivity index (χ3n) is 3.45. The summed E-state index contributed by atoms with van der Waals surface area (Å²) in [5, 5.41) is 12.0. The molecule has 0 saturated heterocycles. The number of anilines is 2. The van der Waals surface area contributed by atoms with Crippen molar-refractivity contribution < 1.29 is 9.59 Å². The normalized spacial score (nSPS) is 10.5. The first-order valence-electron chi connectivity index (χ1n) is 7.57. The minimum absolute atomic E-state index is 0.0359. The van der Waals surface area contributed by atoms with Gasteiger partial charge in [0.15, 0.2) is 0 Å². The van der Waals surface area contributed by atoms with Crippen molar-refractivity contribution in [2.24, 2.45) is 0 Å². The second-order valence-corrected chi connectivity index (χ2v) is 5.42. The average molecular weight is 339 g/mol. The molecule has 0 spiro atoms. The van der Waals surface area contributed by atoms with Gasteiger partial charge in [-0.15, -0.1) is 5.10 Å². The van der Waals surface area contributed by atoms with Gasteiger partial charge in [0.25, 0.3) is 11.7 Å². The third kappa shape index (κ3) is 3.55. The van der Waals surface area contributed by atoms with Crippen LogP contribution in [-0.2, 0) is 0 Å². The quantitative estimate of drug-likeness (QED) is 0.673. The molecule has 0 unspecified atom stereocenters. The van der Waals surface area contributed by atoms with Crippen LogP contribution in [0.5, 0.6) is 0 Å². The summed E-state index contributed by atoms with van der Waals surface area (Å²) in [6.07, 6.45) is 0. The lowest BCUT2D eigenvalue weighted by Gasteiger charge is -2.06. The minimum Gasteiger partial charge on any atom is -0.341 e. The molecule has 3 amide bonds. The summed E-state index contributed by atoms with van der Waals surface area (Å²) < 4.78 is 1.53. The number of aryl methyl sites for hydroxylation is 2. The molecule has 9 heteroatoms. The highest BCUT2D eigenvalue weighted by atomic mass is 16.2. The zero-order valence-corrected chi connectivity index (χ0v) is 14.0. The maximum Gasteiger partial charge on any atom is 0.318 e. The van der Waals surface area contributed by atoms with E-state index in [4.69, 9.17) is 0 Å². The van der Waals surface area contributed by atoms with Crippen molar-refractivity contribution in [3.8, 4) is 0 Å². The molecule has 3 rings (SSSR count). The SMILES string of the molecule is CNC(=O)Nc1ccc(NC(=O)c2nc3nc(C)cc(C)n3n2)cc1. The van der Waals surface area contributed by atoms with Gasteiger partial charge in [-0.3, -0.25) is 4.79 Å². The van der Waals surface area contributed by atoms with E-state index in [1.54, 1.807) is 24.3 Å². The van der Waals surface area contributed by atoms with Crippen molar-refractivity contribution in [1.29, 1.82) is 0 Å². The molecule has 1 aromatic carbocycles. The van der Waals surface area contributed by atoms with Crippen molar-refractivity contribution in [2.75, 3.05) is 17.7 Å². The monoisotopic (exact) mass is 339 g/mol. The van der Waals surface area contributed by atoms with Gasteiger partial charge in [-0.25, -0.2) is 14.3 Å². The third-order valence-corrected chi connectivity index (χ3v) is 3.45. The molecule has 25 heavy (non-hydrogen) atoms. The standard InChI is InChI=1S/C16H17N7O2/c1-9-8-10(2)23-15(18-9)21-13(22-23)14(24)19-11-4-6-12(7-5-11)20-16(25)17-3/h4-8H,1-3H3,(H,19,24)(H2,17,20,25). The average Bonchev–Trinajstić information content (AvgIpc) is 3.01. The summed E-state index contributed by atoms with van der Waals surface area (Å²) in [6.45, 7) is 3.73. The molecule has 2 heterocycles. The van der Waals surface area contributed by atoms with E-state index in [1.165, 1.54) is 11.6 Å². The number of hydrogen-bond acceptors (Lipinski definition) is 5. The molecule has 0 fully saturated rings. The number of carbonyl (C=O) groups is 2. The molecule has 0 atom stereocenters. The Labute approximate surface area is 143 Å². The lowest BCUT2D eigenvalue weighted by Crippen LogP contribution is -2.24. The van der Waals surface area contributed by atoms with Crippen molar-refractivity contribution >= 4 is 29.1 Å². The van der Waals surface area contributed by atoms with E-state index in [9.17, 15) is 9.59 Å². The second-order valence-electron chi connectivity index (χ2n) is 5.42. The van der Waals surface area contributed by atoms with Crippen LogP contribution in [0.4, 0.5) is 16.2 Å². The first-order valence-corrected chi connectivity index (χ1v) is 7.57. The molecule has 3 aromatic rings. The Morgan fingerprint density at radius 3 is 2.28 bits per heavy atom. The molecule has 0 aliphatic rings. The van der Waals surface area contributed by atoms with Crippen LogP contribution in [0, 0.1) is 13.8 Å². The predicted octanol–water partition coefficient (Wildman–Crippen LogP) is 1.74. The van der Waals surface area contributed by atoms with Crippen LogP contribution in [-0.4, -0.2) is 38.6 Å². The Hall–Kier alpha value is -3.49. The minimum atomic E-state index is -0.436. The summed E-state index contributed by atoms with van der Waals surface area (Å²) in [6, 6.07) is 8.25. The van der Waals surface area contributed by atoms with Gasteiger partial charge < -0.3 is 16.0 Å². The summed E-state index contributed by atoms with van der Waals surface area (Å²) in [5.41, 5.74) is 2.83. The predicted molar refractivity (Wildman–Crippen MR) is 92.7 cm³/mol. The fraction of sp³-hybridized carbons (Fsp3) is 0.188. The van der Waals surface area contributed by atoms with Crippen LogP contribution in [0.1, 0.15) is 22.0 Å². The topological polar surface area (TPSA) is 113 Å². The first kappa shape index (κ1) is 16.4. The Bertz CT molecular complexity index is 947. The number of nitrogens with zero attached hydrogens (tertiary/aromatic N) is 4. The van der Waals surface area contributed by atoms with Crippen molar-refractivity contribution in [3.63, 3.8) is 0 Å². The van der Waals surface area contributed by atoms with Crippen LogP contribution in [0.15, 0.2) is 30.3 Å². The Morgan fingerprint density at radius 1 is 1.00 bits per heavy atom. The molecule has 3 N–H and O–H groups in total. The zero-order chi connectivity index (χ0) is 18.0. The first-order chi connectivity index (χ1) is 12.0. The number of carbonyl (C=O) groups excluding carboxylic acids is 2. The number of fused-ring (bicyclic) bond motifs is 1. The van der Waals surface area contributed by atoms with E-state index in [0.29, 0.717) is 17.2 Å². The fourth-order valence-electron chi connectivity index (χ4n) is 2.28. The second kappa shape index (κ2) is 6.56. The van der Waals surface area contributed by atoms with E-state index in [2.05, 4.69) is 31.0 Å². The number of nitrogens with one attached hydrogen (secondary N) is 3. The number of hydrogen-bond donors (Lipinski definition) is 3. The van der Waals surface area contributed by atoms with Crippen LogP contribution in [0.3, 0.4) is 0 Å². The highest BCUT2D eigenvalue weighted by molar-refractivity contribution is 6.02. The summed E-state index contributed by atoms with van der Waals surface area (Å²) >= 11 is 0. The van der Waals surface area contributed by atoms with E-state index >= 15 is 0 Å².